The van der Waals surface area contributed by atoms with Crippen LogP contribution < -0.4 is 5.32 Å². The summed E-state index contributed by atoms with van der Waals surface area (Å²) in [6.07, 6.45) is 5.83. The van der Waals surface area contributed by atoms with Gasteiger partial charge in [0.2, 0.25) is 5.91 Å². The lowest BCUT2D eigenvalue weighted by atomic mass is 9.98. The van der Waals surface area contributed by atoms with Crippen molar-refractivity contribution in [2.24, 2.45) is 5.92 Å². The summed E-state index contributed by atoms with van der Waals surface area (Å²) < 4.78 is 22.5. The molecule has 116 valence electrons. The van der Waals surface area contributed by atoms with Gasteiger partial charge in [-0.3, -0.25) is 10.1 Å². The molecule has 2 rings (SSSR count). The van der Waals surface area contributed by atoms with Crippen LogP contribution >= 0.6 is 0 Å². The molecule has 1 saturated carbocycles. The lowest BCUT2D eigenvalue weighted by molar-refractivity contribution is -0.133. The van der Waals surface area contributed by atoms with Gasteiger partial charge in [-0.25, -0.2) is 8.42 Å². The molecule has 1 aliphatic heterocycles. The maximum absolute atomic E-state index is 12.7. The van der Waals surface area contributed by atoms with Gasteiger partial charge >= 0.3 is 0 Å². The van der Waals surface area contributed by atoms with Crippen LogP contribution in [0.2, 0.25) is 0 Å². The van der Waals surface area contributed by atoms with Crippen molar-refractivity contribution >= 4 is 15.7 Å². The quantitative estimate of drug-likeness (QED) is 0.827. The smallest absolute Gasteiger partial charge is 0.244 e. The average Bonchev–Trinajstić information content (AvgIpc) is 2.89. The summed E-state index contributed by atoms with van der Waals surface area (Å²) >= 11 is 0. The molecule has 6 heteroatoms. The van der Waals surface area contributed by atoms with E-state index >= 15 is 0 Å². The van der Waals surface area contributed by atoms with Crippen LogP contribution in [0.5, 0.6) is 0 Å². The van der Waals surface area contributed by atoms with Crippen molar-refractivity contribution < 1.29 is 13.2 Å². The number of amides is 1. The number of carbonyl (C=O) groups is 1. The van der Waals surface area contributed by atoms with Crippen molar-refractivity contribution in [3.05, 3.63) is 0 Å². The van der Waals surface area contributed by atoms with Crippen LogP contribution in [-0.2, 0) is 14.6 Å². The maximum atomic E-state index is 12.7. The number of hydrogen-bond acceptors (Lipinski definition) is 4. The van der Waals surface area contributed by atoms with Gasteiger partial charge in [-0.1, -0.05) is 26.7 Å². The first-order valence-electron chi connectivity index (χ1n) is 7.52. The second-order valence-corrected chi connectivity index (χ2v) is 8.86. The topological polar surface area (TPSA) is 66.5 Å². The van der Waals surface area contributed by atoms with Crippen molar-refractivity contribution in [1.82, 2.24) is 10.2 Å². The summed E-state index contributed by atoms with van der Waals surface area (Å²) in [7, 11) is -2.96. The Morgan fingerprint density at radius 3 is 2.45 bits per heavy atom. The van der Waals surface area contributed by atoms with Gasteiger partial charge in [0.25, 0.3) is 0 Å². The maximum Gasteiger partial charge on any atom is 0.244 e. The molecule has 1 spiro atoms. The Balaban J connectivity index is 2.06. The Morgan fingerprint density at radius 1 is 1.35 bits per heavy atom. The third kappa shape index (κ3) is 3.17. The van der Waals surface area contributed by atoms with E-state index in [-0.39, 0.29) is 23.4 Å². The first-order valence-corrected chi connectivity index (χ1v) is 9.58. The second-order valence-electron chi connectivity index (χ2n) is 6.60. The summed E-state index contributed by atoms with van der Waals surface area (Å²) in [4.78, 5) is 14.6. The molecule has 1 saturated heterocycles. The zero-order valence-electron chi connectivity index (χ0n) is 12.7. The third-order valence-corrected chi connectivity index (χ3v) is 5.46. The van der Waals surface area contributed by atoms with Gasteiger partial charge < -0.3 is 4.90 Å². The number of nitrogens with zero attached hydrogens (tertiary/aromatic N) is 1. The van der Waals surface area contributed by atoms with Crippen molar-refractivity contribution in [2.45, 2.75) is 57.7 Å². The van der Waals surface area contributed by atoms with Crippen molar-refractivity contribution in [2.75, 3.05) is 18.6 Å². The van der Waals surface area contributed by atoms with Gasteiger partial charge in [-0.15, -0.1) is 0 Å². The molecule has 2 fully saturated rings. The Hall–Kier alpha value is -0.620. The molecule has 1 N–H and O–H groups in total. The highest BCUT2D eigenvalue weighted by atomic mass is 32.2. The summed E-state index contributed by atoms with van der Waals surface area (Å²) in [5.41, 5.74) is -0.361. The number of hydrogen-bond donors (Lipinski definition) is 1. The summed E-state index contributed by atoms with van der Waals surface area (Å²) in [5, 5.41) is 3.54. The van der Waals surface area contributed by atoms with Crippen molar-refractivity contribution in [3.8, 4) is 0 Å². The zero-order chi connectivity index (χ0) is 15.0. The number of sulfone groups is 1. The lowest BCUT2D eigenvalue weighted by Crippen LogP contribution is -2.45. The van der Waals surface area contributed by atoms with Gasteiger partial charge in [0, 0.05) is 12.8 Å². The third-order valence-electron chi connectivity index (χ3n) is 4.43. The molecule has 1 unspecified atom stereocenters. The fourth-order valence-corrected chi connectivity index (χ4v) is 4.08. The van der Waals surface area contributed by atoms with E-state index in [1.54, 1.807) is 0 Å². The van der Waals surface area contributed by atoms with Gasteiger partial charge in [-0.2, -0.15) is 0 Å². The highest BCUT2D eigenvalue weighted by Gasteiger charge is 2.52. The minimum absolute atomic E-state index is 0.0418. The number of carbonyl (C=O) groups excluding carboxylic acids is 1. The molecule has 1 atom stereocenters. The number of nitrogens with one attached hydrogen (secondary N) is 1. The average molecular weight is 302 g/mol. The molecule has 1 heterocycles. The molecular weight excluding hydrogens is 276 g/mol. The summed E-state index contributed by atoms with van der Waals surface area (Å²) in [5.74, 6) is 0.661. The molecule has 2 aliphatic rings. The molecule has 0 aromatic carbocycles. The minimum atomic E-state index is -2.96. The SMILES string of the molecule is CC(C)C1NC2(CCCC2)C(=O)N1CCCS(C)(=O)=O. The molecule has 0 radical (unpaired) electrons. The van der Waals surface area contributed by atoms with Crippen LogP contribution in [0, 0.1) is 5.92 Å². The first-order chi connectivity index (χ1) is 9.25. The predicted molar refractivity (Wildman–Crippen MR) is 79.0 cm³/mol. The highest BCUT2D eigenvalue weighted by Crippen LogP contribution is 2.37. The van der Waals surface area contributed by atoms with Gasteiger partial charge in [0.05, 0.1) is 17.5 Å². The van der Waals surface area contributed by atoms with E-state index in [1.165, 1.54) is 6.26 Å². The Bertz CT molecular complexity index is 467. The van der Waals surface area contributed by atoms with E-state index in [1.807, 2.05) is 4.90 Å². The molecule has 1 amide bonds. The van der Waals surface area contributed by atoms with Crippen LogP contribution in [0.4, 0.5) is 0 Å². The largest absolute Gasteiger partial charge is 0.325 e. The molecule has 5 nitrogen and oxygen atoms in total. The Labute approximate surface area is 122 Å². The van der Waals surface area contributed by atoms with Gasteiger partial charge in [0.1, 0.15) is 9.84 Å². The normalized spacial score (nSPS) is 26.1. The molecule has 0 bridgehead atoms. The first kappa shape index (κ1) is 15.8. The molecule has 0 aromatic rings. The van der Waals surface area contributed by atoms with E-state index < -0.39 is 9.84 Å². The Morgan fingerprint density at radius 2 is 1.95 bits per heavy atom. The van der Waals surface area contributed by atoms with Gasteiger partial charge in [0.15, 0.2) is 0 Å². The van der Waals surface area contributed by atoms with Crippen LogP contribution in [0.15, 0.2) is 0 Å². The second kappa shape index (κ2) is 5.64. The summed E-state index contributed by atoms with van der Waals surface area (Å²) in [6, 6.07) is 0. The monoisotopic (exact) mass is 302 g/mol. The van der Waals surface area contributed by atoms with Crippen LogP contribution in [0.1, 0.15) is 46.0 Å². The van der Waals surface area contributed by atoms with E-state index in [2.05, 4.69) is 19.2 Å². The van der Waals surface area contributed by atoms with Crippen molar-refractivity contribution in [1.29, 1.82) is 0 Å². The van der Waals surface area contributed by atoms with E-state index in [4.69, 9.17) is 0 Å². The molecule has 20 heavy (non-hydrogen) atoms. The zero-order valence-corrected chi connectivity index (χ0v) is 13.5. The van der Waals surface area contributed by atoms with Crippen LogP contribution in [0.25, 0.3) is 0 Å². The van der Waals surface area contributed by atoms with Crippen LogP contribution in [0.3, 0.4) is 0 Å². The van der Waals surface area contributed by atoms with Crippen molar-refractivity contribution in [3.63, 3.8) is 0 Å². The van der Waals surface area contributed by atoms with Gasteiger partial charge in [-0.05, 0) is 25.2 Å². The fourth-order valence-electron chi connectivity index (χ4n) is 3.42. The number of rotatable bonds is 5. The standard InChI is InChI=1S/C14H26N2O3S/c1-11(2)12-15-14(7-4-5-8-14)13(17)16(12)9-6-10-20(3,18)19/h11-12,15H,4-10H2,1-3H3. The highest BCUT2D eigenvalue weighted by molar-refractivity contribution is 7.90. The summed E-state index contributed by atoms with van der Waals surface area (Å²) in [6.45, 7) is 4.73. The Kier molecular flexibility index (Phi) is 4.44. The van der Waals surface area contributed by atoms with Crippen LogP contribution in [-0.4, -0.2) is 49.5 Å². The van der Waals surface area contributed by atoms with E-state index in [0.717, 1.165) is 25.7 Å². The molecule has 1 aliphatic carbocycles. The fraction of sp³-hybridized carbons (Fsp3) is 0.929. The van der Waals surface area contributed by atoms with E-state index in [9.17, 15) is 13.2 Å². The molecule has 0 aromatic heterocycles. The predicted octanol–water partition coefficient (Wildman–Crippen LogP) is 1.15. The lowest BCUT2D eigenvalue weighted by Gasteiger charge is -2.27. The minimum Gasteiger partial charge on any atom is -0.325 e. The molecular formula is C14H26N2O3S. The van der Waals surface area contributed by atoms with E-state index in [0.29, 0.717) is 18.9 Å².